The van der Waals surface area contributed by atoms with Crippen molar-refractivity contribution in [2.75, 3.05) is 4.90 Å². The van der Waals surface area contributed by atoms with E-state index in [1.807, 2.05) is 24.5 Å². The zero-order chi connectivity index (χ0) is 23.2. The Labute approximate surface area is 199 Å². The van der Waals surface area contributed by atoms with Crippen LogP contribution in [0, 0.1) is 19.7 Å². The second-order valence-corrected chi connectivity index (χ2v) is 8.42. The maximum atomic E-state index is 13.3. The van der Waals surface area contributed by atoms with E-state index in [0.717, 1.165) is 17.1 Å². The van der Waals surface area contributed by atoms with E-state index < -0.39 is 11.8 Å². The highest BCUT2D eigenvalue weighted by Gasteiger charge is 2.35. The summed E-state index contributed by atoms with van der Waals surface area (Å²) in [6.07, 6.45) is 1.51. The van der Waals surface area contributed by atoms with E-state index in [2.05, 4.69) is 5.32 Å². The highest BCUT2D eigenvalue weighted by atomic mass is 35.5. The lowest BCUT2D eigenvalue weighted by Gasteiger charge is -2.29. The lowest BCUT2D eigenvalue weighted by Crippen LogP contribution is -2.54. The smallest absolute Gasteiger partial charge is 0.270 e. The van der Waals surface area contributed by atoms with Gasteiger partial charge in [0.2, 0.25) is 0 Å². The van der Waals surface area contributed by atoms with Crippen molar-refractivity contribution in [2.45, 2.75) is 13.8 Å². The maximum Gasteiger partial charge on any atom is 0.270 e. The highest BCUT2D eigenvalue weighted by Crippen LogP contribution is 2.32. The lowest BCUT2D eigenvalue weighted by atomic mass is 10.1. The molecule has 0 saturated carbocycles. The van der Waals surface area contributed by atoms with E-state index in [9.17, 15) is 14.0 Å². The zero-order valence-corrected chi connectivity index (χ0v) is 19.3. The number of rotatable bonds is 3. The van der Waals surface area contributed by atoms with Crippen molar-refractivity contribution >= 4 is 64.1 Å². The van der Waals surface area contributed by atoms with Gasteiger partial charge in [-0.2, -0.15) is 0 Å². The number of hydrogen-bond acceptors (Lipinski definition) is 3. The van der Waals surface area contributed by atoms with Crippen LogP contribution in [-0.4, -0.2) is 21.5 Å². The quantitative estimate of drug-likeness (QED) is 0.307. The molecule has 1 N–H and O–H groups in total. The second-order valence-electron chi connectivity index (χ2n) is 7.19. The van der Waals surface area contributed by atoms with Crippen molar-refractivity contribution in [2.24, 2.45) is 0 Å². The molecule has 4 rings (SSSR count). The Kier molecular flexibility index (Phi) is 5.90. The molecule has 0 spiro atoms. The minimum Gasteiger partial charge on any atom is -0.318 e. The van der Waals surface area contributed by atoms with Crippen molar-refractivity contribution < 1.29 is 14.0 Å². The van der Waals surface area contributed by atoms with Crippen LogP contribution < -0.4 is 10.2 Å². The molecule has 2 heterocycles. The molecule has 1 fully saturated rings. The van der Waals surface area contributed by atoms with Crippen LogP contribution in [0.15, 0.2) is 54.1 Å². The van der Waals surface area contributed by atoms with Gasteiger partial charge in [-0.05, 0) is 86.2 Å². The Bertz CT molecular complexity index is 1320. The maximum absolute atomic E-state index is 13.3. The third kappa shape index (κ3) is 3.95. The van der Waals surface area contributed by atoms with Gasteiger partial charge in [0.05, 0.1) is 10.7 Å². The minimum absolute atomic E-state index is 0.0712. The fourth-order valence-electron chi connectivity index (χ4n) is 3.62. The Hall–Kier alpha value is -3.00. The van der Waals surface area contributed by atoms with Crippen LogP contribution in [0.2, 0.25) is 10.0 Å². The summed E-state index contributed by atoms with van der Waals surface area (Å²) in [5.74, 6) is -1.54. The molecule has 0 unspecified atom stereocenters. The SMILES string of the molecule is Cc1cc(C=C2C(=O)NC(=S)N(c3ccc(Cl)cc3Cl)C2=O)c(C)n1-c1ccc(F)cc1. The average Bonchev–Trinajstić information content (AvgIpc) is 3.00. The van der Waals surface area contributed by atoms with E-state index in [1.54, 1.807) is 24.3 Å². The van der Waals surface area contributed by atoms with Gasteiger partial charge < -0.3 is 4.57 Å². The number of nitrogens with zero attached hydrogens (tertiary/aromatic N) is 2. The number of carbonyl (C=O) groups excluding carboxylic acids is 2. The molecule has 1 saturated heterocycles. The standard InChI is InChI=1S/C23H16Cl2FN3O2S/c1-12-9-14(13(2)28(12)17-6-4-16(26)5-7-17)10-18-21(30)27-23(32)29(22(18)31)20-8-3-15(24)11-19(20)25/h3-11H,1-2H3,(H,27,30,32). The van der Waals surface area contributed by atoms with E-state index in [0.29, 0.717) is 16.3 Å². The van der Waals surface area contributed by atoms with E-state index >= 15 is 0 Å². The molecule has 0 radical (unpaired) electrons. The third-order valence-electron chi connectivity index (χ3n) is 5.11. The number of benzene rings is 2. The number of carbonyl (C=O) groups is 2. The molecule has 3 aromatic rings. The Morgan fingerprint density at radius 1 is 1.03 bits per heavy atom. The first kappa shape index (κ1) is 22.2. The summed E-state index contributed by atoms with van der Waals surface area (Å²) in [7, 11) is 0. The van der Waals surface area contributed by atoms with Gasteiger partial charge in [-0.15, -0.1) is 0 Å². The Morgan fingerprint density at radius 3 is 2.38 bits per heavy atom. The number of anilines is 1. The summed E-state index contributed by atoms with van der Waals surface area (Å²) in [6, 6.07) is 12.5. The topological polar surface area (TPSA) is 54.3 Å². The molecule has 1 aromatic heterocycles. The first-order valence-corrected chi connectivity index (χ1v) is 10.6. The van der Waals surface area contributed by atoms with Crippen LogP contribution in [0.4, 0.5) is 10.1 Å². The molecule has 162 valence electrons. The first-order valence-electron chi connectivity index (χ1n) is 9.49. The van der Waals surface area contributed by atoms with Crippen molar-refractivity contribution in [3.05, 3.63) is 86.9 Å². The second kappa shape index (κ2) is 8.50. The number of aromatic nitrogens is 1. The summed E-state index contributed by atoms with van der Waals surface area (Å²) in [5.41, 5.74) is 3.29. The zero-order valence-electron chi connectivity index (χ0n) is 16.9. The molecule has 1 aliphatic rings. The van der Waals surface area contributed by atoms with Gasteiger partial charge in [-0.1, -0.05) is 23.2 Å². The van der Waals surface area contributed by atoms with E-state index in [-0.39, 0.29) is 21.5 Å². The van der Waals surface area contributed by atoms with Gasteiger partial charge in [-0.25, -0.2) is 4.39 Å². The number of amides is 2. The first-order chi connectivity index (χ1) is 15.2. The van der Waals surface area contributed by atoms with Crippen LogP contribution in [0.25, 0.3) is 11.8 Å². The van der Waals surface area contributed by atoms with Gasteiger partial charge in [0, 0.05) is 22.1 Å². The van der Waals surface area contributed by atoms with Gasteiger partial charge in [0.1, 0.15) is 11.4 Å². The fraction of sp³-hybridized carbons (Fsp3) is 0.0870. The predicted molar refractivity (Wildman–Crippen MR) is 128 cm³/mol. The summed E-state index contributed by atoms with van der Waals surface area (Å²) >= 11 is 17.4. The summed E-state index contributed by atoms with van der Waals surface area (Å²) < 4.78 is 15.2. The fourth-order valence-corrected chi connectivity index (χ4v) is 4.38. The van der Waals surface area contributed by atoms with Crippen molar-refractivity contribution in [1.82, 2.24) is 9.88 Å². The lowest BCUT2D eigenvalue weighted by molar-refractivity contribution is -0.122. The van der Waals surface area contributed by atoms with Crippen LogP contribution >= 0.6 is 35.4 Å². The molecule has 9 heteroatoms. The Balaban J connectivity index is 1.77. The van der Waals surface area contributed by atoms with E-state index in [1.165, 1.54) is 29.2 Å². The number of thiocarbonyl (C=S) groups is 1. The average molecular weight is 488 g/mol. The molecule has 0 bridgehead atoms. The third-order valence-corrected chi connectivity index (χ3v) is 5.93. The number of nitrogens with one attached hydrogen (secondary N) is 1. The summed E-state index contributed by atoms with van der Waals surface area (Å²) in [4.78, 5) is 27.1. The largest absolute Gasteiger partial charge is 0.318 e. The summed E-state index contributed by atoms with van der Waals surface area (Å²) in [5, 5.41) is 3.09. The number of aryl methyl sites for hydroxylation is 1. The van der Waals surface area contributed by atoms with Gasteiger partial charge in [-0.3, -0.25) is 19.8 Å². The van der Waals surface area contributed by atoms with Crippen molar-refractivity contribution in [1.29, 1.82) is 0 Å². The van der Waals surface area contributed by atoms with Gasteiger partial charge in [0.25, 0.3) is 11.8 Å². The molecule has 0 aliphatic carbocycles. The van der Waals surface area contributed by atoms with Crippen LogP contribution in [0.1, 0.15) is 17.0 Å². The van der Waals surface area contributed by atoms with Crippen molar-refractivity contribution in [3.63, 3.8) is 0 Å². The molecule has 32 heavy (non-hydrogen) atoms. The molecular weight excluding hydrogens is 472 g/mol. The van der Waals surface area contributed by atoms with Gasteiger partial charge >= 0.3 is 0 Å². The molecule has 1 aliphatic heterocycles. The highest BCUT2D eigenvalue weighted by molar-refractivity contribution is 7.80. The normalized spacial score (nSPS) is 15.5. The molecular formula is C23H16Cl2FN3O2S. The van der Waals surface area contributed by atoms with Crippen LogP contribution in [0.5, 0.6) is 0 Å². The molecule has 2 aromatic carbocycles. The van der Waals surface area contributed by atoms with Gasteiger partial charge in [0.15, 0.2) is 5.11 Å². The Morgan fingerprint density at radius 2 is 1.72 bits per heavy atom. The minimum atomic E-state index is -0.604. The van der Waals surface area contributed by atoms with Crippen LogP contribution in [-0.2, 0) is 9.59 Å². The number of hydrogen-bond donors (Lipinski definition) is 1. The predicted octanol–water partition coefficient (Wildman–Crippen LogP) is 5.37. The number of halogens is 3. The molecule has 2 amide bonds. The van der Waals surface area contributed by atoms with E-state index in [4.69, 9.17) is 35.4 Å². The van der Waals surface area contributed by atoms with Crippen LogP contribution in [0.3, 0.4) is 0 Å². The monoisotopic (exact) mass is 487 g/mol. The van der Waals surface area contributed by atoms with Crippen molar-refractivity contribution in [3.8, 4) is 5.69 Å². The molecule has 5 nitrogen and oxygen atoms in total. The molecule has 0 atom stereocenters. The summed E-state index contributed by atoms with van der Waals surface area (Å²) in [6.45, 7) is 3.74.